The Morgan fingerprint density at radius 3 is 2.88 bits per heavy atom. The number of aromatic nitrogens is 3. The highest BCUT2D eigenvalue weighted by Crippen LogP contribution is 1.91. The summed E-state index contributed by atoms with van der Waals surface area (Å²) in [4.78, 5) is 21.5. The molecule has 0 fully saturated rings. The predicted molar refractivity (Wildman–Crippen MR) is 53.9 cm³/mol. The molecular weight excluding hydrogens is 214 g/mol. The van der Waals surface area contributed by atoms with Crippen molar-refractivity contribution in [3.05, 3.63) is 11.9 Å². The molecule has 0 atom stereocenters. The van der Waals surface area contributed by atoms with Crippen molar-refractivity contribution in [1.82, 2.24) is 25.6 Å². The molecule has 0 saturated heterocycles. The van der Waals surface area contributed by atoms with Gasteiger partial charge in [0.15, 0.2) is 5.69 Å². The average Bonchev–Trinajstić information content (AvgIpc) is 2.67. The SMILES string of the molecule is CNCC(=O)NCCn1cc(C(=O)O)nn1. The Labute approximate surface area is 91.6 Å². The van der Waals surface area contributed by atoms with Gasteiger partial charge in [-0.3, -0.25) is 4.79 Å². The summed E-state index contributed by atoms with van der Waals surface area (Å²) in [5.41, 5.74) is -0.110. The average molecular weight is 227 g/mol. The molecule has 0 spiro atoms. The van der Waals surface area contributed by atoms with Crippen LogP contribution in [0.1, 0.15) is 10.5 Å². The third-order valence-electron chi connectivity index (χ3n) is 1.76. The smallest absolute Gasteiger partial charge is 0.358 e. The molecule has 0 bridgehead atoms. The molecule has 0 aromatic carbocycles. The van der Waals surface area contributed by atoms with Crippen LogP contribution in [0.2, 0.25) is 0 Å². The summed E-state index contributed by atoms with van der Waals surface area (Å²) >= 11 is 0. The van der Waals surface area contributed by atoms with Crippen LogP contribution in [0.5, 0.6) is 0 Å². The lowest BCUT2D eigenvalue weighted by molar-refractivity contribution is -0.120. The molecule has 1 heterocycles. The highest BCUT2D eigenvalue weighted by atomic mass is 16.4. The predicted octanol–water partition coefficient (Wildman–Crippen LogP) is -1.69. The van der Waals surface area contributed by atoms with Crippen molar-refractivity contribution in [2.75, 3.05) is 20.1 Å². The van der Waals surface area contributed by atoms with Crippen LogP contribution in [0.25, 0.3) is 0 Å². The van der Waals surface area contributed by atoms with Crippen molar-refractivity contribution >= 4 is 11.9 Å². The summed E-state index contributed by atoms with van der Waals surface area (Å²) in [6, 6.07) is 0. The number of carboxylic acids is 1. The minimum absolute atomic E-state index is 0.110. The molecule has 1 aromatic rings. The van der Waals surface area contributed by atoms with E-state index in [1.165, 1.54) is 10.9 Å². The lowest BCUT2D eigenvalue weighted by Crippen LogP contribution is -2.34. The molecule has 0 aliphatic heterocycles. The van der Waals surface area contributed by atoms with Gasteiger partial charge in [-0.05, 0) is 7.05 Å². The number of carbonyl (C=O) groups excluding carboxylic acids is 1. The highest BCUT2D eigenvalue weighted by molar-refractivity contribution is 5.84. The van der Waals surface area contributed by atoms with E-state index in [9.17, 15) is 9.59 Å². The molecule has 0 radical (unpaired) electrons. The van der Waals surface area contributed by atoms with Crippen LogP contribution in [-0.2, 0) is 11.3 Å². The highest BCUT2D eigenvalue weighted by Gasteiger charge is 2.07. The summed E-state index contributed by atoms with van der Waals surface area (Å²) in [5.74, 6) is -1.24. The number of carboxylic acid groups (broad SMARTS) is 1. The van der Waals surface area contributed by atoms with Gasteiger partial charge in [0.05, 0.1) is 19.3 Å². The summed E-state index contributed by atoms with van der Waals surface area (Å²) in [5, 5.41) is 21.0. The van der Waals surface area contributed by atoms with Crippen molar-refractivity contribution in [1.29, 1.82) is 0 Å². The topological polar surface area (TPSA) is 109 Å². The van der Waals surface area contributed by atoms with Crippen molar-refractivity contribution in [3.63, 3.8) is 0 Å². The maximum Gasteiger partial charge on any atom is 0.358 e. The van der Waals surface area contributed by atoms with E-state index in [1.54, 1.807) is 7.05 Å². The van der Waals surface area contributed by atoms with Crippen LogP contribution >= 0.6 is 0 Å². The summed E-state index contributed by atoms with van der Waals surface area (Å²) < 4.78 is 1.36. The fourth-order valence-corrected chi connectivity index (χ4v) is 1.04. The van der Waals surface area contributed by atoms with Crippen LogP contribution in [0.3, 0.4) is 0 Å². The van der Waals surface area contributed by atoms with Crippen molar-refractivity contribution in [2.24, 2.45) is 0 Å². The van der Waals surface area contributed by atoms with E-state index in [1.807, 2.05) is 0 Å². The van der Waals surface area contributed by atoms with E-state index >= 15 is 0 Å². The molecule has 0 aliphatic carbocycles. The van der Waals surface area contributed by atoms with E-state index in [4.69, 9.17) is 5.11 Å². The van der Waals surface area contributed by atoms with Crippen LogP contribution in [0, 0.1) is 0 Å². The fourth-order valence-electron chi connectivity index (χ4n) is 1.04. The molecule has 88 valence electrons. The maximum absolute atomic E-state index is 11.0. The zero-order chi connectivity index (χ0) is 12.0. The first kappa shape index (κ1) is 12.1. The standard InChI is InChI=1S/C8H13N5O3/c1-9-4-7(14)10-2-3-13-5-6(8(15)16)11-12-13/h5,9H,2-4H2,1H3,(H,10,14)(H,15,16). The zero-order valence-corrected chi connectivity index (χ0v) is 8.80. The summed E-state index contributed by atoms with van der Waals surface area (Å²) in [6.07, 6.45) is 1.31. The van der Waals surface area contributed by atoms with E-state index in [-0.39, 0.29) is 18.1 Å². The van der Waals surface area contributed by atoms with Crippen LogP contribution in [-0.4, -0.2) is 52.1 Å². The van der Waals surface area contributed by atoms with Crippen LogP contribution < -0.4 is 10.6 Å². The number of amides is 1. The minimum atomic E-state index is -1.12. The third-order valence-corrected chi connectivity index (χ3v) is 1.76. The number of rotatable bonds is 6. The van der Waals surface area contributed by atoms with E-state index in [2.05, 4.69) is 20.9 Å². The Morgan fingerprint density at radius 1 is 1.56 bits per heavy atom. The number of hydrogen-bond donors (Lipinski definition) is 3. The Balaban J connectivity index is 2.32. The van der Waals surface area contributed by atoms with Crippen molar-refractivity contribution in [2.45, 2.75) is 6.54 Å². The monoisotopic (exact) mass is 227 g/mol. The second kappa shape index (κ2) is 5.81. The molecule has 0 aliphatic rings. The maximum atomic E-state index is 11.0. The second-order valence-electron chi connectivity index (χ2n) is 3.05. The van der Waals surface area contributed by atoms with Crippen LogP contribution in [0.15, 0.2) is 6.20 Å². The van der Waals surface area contributed by atoms with Gasteiger partial charge in [0.1, 0.15) is 0 Å². The number of carbonyl (C=O) groups is 2. The van der Waals surface area contributed by atoms with E-state index in [0.717, 1.165) is 0 Å². The number of aromatic carboxylic acids is 1. The molecule has 1 amide bonds. The fraction of sp³-hybridized carbons (Fsp3) is 0.500. The second-order valence-corrected chi connectivity index (χ2v) is 3.05. The van der Waals surface area contributed by atoms with Gasteiger partial charge < -0.3 is 15.7 Å². The molecule has 1 aromatic heterocycles. The van der Waals surface area contributed by atoms with Gasteiger partial charge >= 0.3 is 5.97 Å². The van der Waals surface area contributed by atoms with E-state index < -0.39 is 5.97 Å². The van der Waals surface area contributed by atoms with Crippen molar-refractivity contribution < 1.29 is 14.7 Å². The Kier molecular flexibility index (Phi) is 4.40. The van der Waals surface area contributed by atoms with Gasteiger partial charge in [-0.15, -0.1) is 5.10 Å². The van der Waals surface area contributed by atoms with Gasteiger partial charge in [0, 0.05) is 6.54 Å². The normalized spacial score (nSPS) is 10.1. The molecule has 1 rings (SSSR count). The third kappa shape index (κ3) is 3.65. The summed E-state index contributed by atoms with van der Waals surface area (Å²) in [7, 11) is 1.68. The molecule has 8 heteroatoms. The molecule has 0 unspecified atom stereocenters. The molecule has 3 N–H and O–H groups in total. The minimum Gasteiger partial charge on any atom is -0.476 e. The number of nitrogens with zero attached hydrogens (tertiary/aromatic N) is 3. The van der Waals surface area contributed by atoms with Crippen LogP contribution in [0.4, 0.5) is 0 Å². The molecule has 0 saturated carbocycles. The lowest BCUT2D eigenvalue weighted by Gasteiger charge is -2.03. The molecule has 16 heavy (non-hydrogen) atoms. The number of nitrogens with one attached hydrogen (secondary N) is 2. The molecule has 8 nitrogen and oxygen atoms in total. The van der Waals surface area contributed by atoms with Gasteiger partial charge in [-0.1, -0.05) is 5.21 Å². The number of hydrogen-bond acceptors (Lipinski definition) is 5. The first-order valence-corrected chi connectivity index (χ1v) is 4.68. The van der Waals surface area contributed by atoms with Gasteiger partial charge in [-0.2, -0.15) is 0 Å². The van der Waals surface area contributed by atoms with Crippen molar-refractivity contribution in [3.8, 4) is 0 Å². The van der Waals surface area contributed by atoms with Gasteiger partial charge in [0.25, 0.3) is 0 Å². The number of likely N-dealkylation sites (N-methyl/N-ethyl adjacent to an activating group) is 1. The Morgan fingerprint density at radius 2 is 2.31 bits per heavy atom. The first-order valence-electron chi connectivity index (χ1n) is 4.68. The molecular formula is C8H13N5O3. The van der Waals surface area contributed by atoms with E-state index in [0.29, 0.717) is 13.1 Å². The Bertz CT molecular complexity index is 376. The van der Waals surface area contributed by atoms with Gasteiger partial charge in [0.2, 0.25) is 5.91 Å². The van der Waals surface area contributed by atoms with Gasteiger partial charge in [-0.25, -0.2) is 9.48 Å². The lowest BCUT2D eigenvalue weighted by atomic mass is 10.5. The summed E-state index contributed by atoms with van der Waals surface area (Å²) in [6.45, 7) is 1.01. The Hall–Kier alpha value is -1.96. The largest absolute Gasteiger partial charge is 0.476 e. The first-order chi connectivity index (χ1) is 7.63. The zero-order valence-electron chi connectivity index (χ0n) is 8.80. The quantitative estimate of drug-likeness (QED) is 0.535.